The van der Waals surface area contributed by atoms with E-state index in [1.54, 1.807) is 4.68 Å². The van der Waals surface area contributed by atoms with E-state index in [2.05, 4.69) is 24.2 Å². The molecule has 1 rings (SSSR count). The van der Waals surface area contributed by atoms with Gasteiger partial charge in [0.2, 0.25) is 0 Å². The summed E-state index contributed by atoms with van der Waals surface area (Å²) in [6.07, 6.45) is 4.30. The molecule has 5 nitrogen and oxygen atoms in total. The first-order chi connectivity index (χ1) is 7.76. The second kappa shape index (κ2) is 7.35. The van der Waals surface area contributed by atoms with E-state index >= 15 is 0 Å². The third-order valence-corrected chi connectivity index (χ3v) is 2.44. The Kier molecular flexibility index (Phi) is 6.03. The van der Waals surface area contributed by atoms with Gasteiger partial charge in [-0.1, -0.05) is 25.5 Å². The van der Waals surface area contributed by atoms with Crippen molar-refractivity contribution >= 4 is 0 Å². The SMILES string of the molecule is CCCC(C)COCCn1cc(CN)nn1. The van der Waals surface area contributed by atoms with Crippen molar-refractivity contribution in [3.63, 3.8) is 0 Å². The fraction of sp³-hybridized carbons (Fsp3) is 0.818. The lowest BCUT2D eigenvalue weighted by molar-refractivity contribution is 0.0931. The van der Waals surface area contributed by atoms with E-state index in [0.717, 1.165) is 18.8 Å². The Morgan fingerprint density at radius 1 is 1.56 bits per heavy atom. The van der Waals surface area contributed by atoms with Gasteiger partial charge in [0.1, 0.15) is 0 Å². The molecular weight excluding hydrogens is 204 g/mol. The van der Waals surface area contributed by atoms with Gasteiger partial charge >= 0.3 is 0 Å². The summed E-state index contributed by atoms with van der Waals surface area (Å²) in [6, 6.07) is 0. The van der Waals surface area contributed by atoms with Crippen LogP contribution in [-0.4, -0.2) is 28.2 Å². The normalized spacial score (nSPS) is 12.9. The van der Waals surface area contributed by atoms with Crippen molar-refractivity contribution in [3.8, 4) is 0 Å². The third kappa shape index (κ3) is 4.72. The van der Waals surface area contributed by atoms with Gasteiger partial charge in [0.15, 0.2) is 0 Å². The molecule has 1 unspecified atom stereocenters. The van der Waals surface area contributed by atoms with Gasteiger partial charge in [-0.25, -0.2) is 4.68 Å². The molecule has 0 aliphatic carbocycles. The minimum atomic E-state index is 0.439. The molecule has 0 aromatic carbocycles. The van der Waals surface area contributed by atoms with Gasteiger partial charge in [-0.15, -0.1) is 5.10 Å². The highest BCUT2D eigenvalue weighted by Crippen LogP contribution is 2.04. The van der Waals surface area contributed by atoms with Crippen molar-refractivity contribution in [1.82, 2.24) is 15.0 Å². The molecule has 0 radical (unpaired) electrons. The van der Waals surface area contributed by atoms with Gasteiger partial charge in [-0.3, -0.25) is 0 Å². The van der Waals surface area contributed by atoms with E-state index < -0.39 is 0 Å². The molecule has 0 saturated heterocycles. The lowest BCUT2D eigenvalue weighted by Crippen LogP contribution is -2.11. The van der Waals surface area contributed by atoms with E-state index in [1.807, 2.05) is 6.20 Å². The molecule has 0 fully saturated rings. The van der Waals surface area contributed by atoms with Gasteiger partial charge in [0, 0.05) is 19.3 Å². The Morgan fingerprint density at radius 3 is 3.00 bits per heavy atom. The molecule has 1 aromatic heterocycles. The molecule has 0 spiro atoms. The Bertz CT molecular complexity index is 287. The van der Waals surface area contributed by atoms with E-state index in [0.29, 0.717) is 19.1 Å². The van der Waals surface area contributed by atoms with E-state index in [-0.39, 0.29) is 0 Å². The molecule has 1 heterocycles. The van der Waals surface area contributed by atoms with Gasteiger partial charge < -0.3 is 10.5 Å². The third-order valence-electron chi connectivity index (χ3n) is 2.44. The largest absolute Gasteiger partial charge is 0.379 e. The average molecular weight is 226 g/mol. The minimum Gasteiger partial charge on any atom is -0.379 e. The van der Waals surface area contributed by atoms with Gasteiger partial charge in [-0.2, -0.15) is 0 Å². The standard InChI is InChI=1S/C11H22N4O/c1-3-4-10(2)9-16-6-5-15-8-11(7-12)13-14-15/h8,10H,3-7,9,12H2,1-2H3. The van der Waals surface area contributed by atoms with E-state index in [1.165, 1.54) is 12.8 Å². The monoisotopic (exact) mass is 226 g/mol. The maximum absolute atomic E-state index is 5.57. The smallest absolute Gasteiger partial charge is 0.0962 e. The van der Waals surface area contributed by atoms with Crippen LogP contribution in [0.5, 0.6) is 0 Å². The molecule has 1 atom stereocenters. The lowest BCUT2D eigenvalue weighted by Gasteiger charge is -2.10. The maximum Gasteiger partial charge on any atom is 0.0962 e. The number of nitrogens with two attached hydrogens (primary N) is 1. The predicted octanol–water partition coefficient (Wildman–Crippen LogP) is 1.19. The van der Waals surface area contributed by atoms with Gasteiger partial charge in [-0.05, 0) is 12.3 Å². The molecule has 5 heteroatoms. The summed E-state index contributed by atoms with van der Waals surface area (Å²) in [7, 11) is 0. The first-order valence-corrected chi connectivity index (χ1v) is 5.93. The summed E-state index contributed by atoms with van der Waals surface area (Å²) < 4.78 is 7.35. The quantitative estimate of drug-likeness (QED) is 0.676. The van der Waals surface area contributed by atoms with Gasteiger partial charge in [0.05, 0.1) is 18.8 Å². The van der Waals surface area contributed by atoms with Gasteiger partial charge in [0.25, 0.3) is 0 Å². The number of hydrogen-bond donors (Lipinski definition) is 1. The van der Waals surface area contributed by atoms with Crippen molar-refractivity contribution < 1.29 is 4.74 Å². The molecule has 1 aromatic rings. The van der Waals surface area contributed by atoms with Crippen LogP contribution in [0, 0.1) is 5.92 Å². The van der Waals surface area contributed by atoms with Crippen LogP contribution in [0.15, 0.2) is 6.20 Å². The van der Waals surface area contributed by atoms with Crippen molar-refractivity contribution in [3.05, 3.63) is 11.9 Å². The van der Waals surface area contributed by atoms with Crippen molar-refractivity contribution in [2.45, 2.75) is 39.8 Å². The number of nitrogens with zero attached hydrogens (tertiary/aromatic N) is 3. The summed E-state index contributed by atoms with van der Waals surface area (Å²) in [5, 5.41) is 7.86. The molecule has 92 valence electrons. The van der Waals surface area contributed by atoms with Crippen molar-refractivity contribution in [2.24, 2.45) is 11.7 Å². The van der Waals surface area contributed by atoms with Crippen LogP contribution in [0.4, 0.5) is 0 Å². The molecule has 0 bridgehead atoms. The number of hydrogen-bond acceptors (Lipinski definition) is 4. The molecule has 16 heavy (non-hydrogen) atoms. The fourth-order valence-electron chi connectivity index (χ4n) is 1.56. The molecule has 0 aliphatic rings. The first-order valence-electron chi connectivity index (χ1n) is 5.93. The second-order valence-electron chi connectivity index (χ2n) is 4.15. The Balaban J connectivity index is 2.11. The zero-order valence-electron chi connectivity index (χ0n) is 10.2. The maximum atomic E-state index is 5.57. The van der Waals surface area contributed by atoms with E-state index in [4.69, 9.17) is 10.5 Å². The highest BCUT2D eigenvalue weighted by Gasteiger charge is 2.01. The highest BCUT2D eigenvalue weighted by atomic mass is 16.5. The Morgan fingerprint density at radius 2 is 2.38 bits per heavy atom. The van der Waals surface area contributed by atoms with Crippen molar-refractivity contribution in [2.75, 3.05) is 13.2 Å². The van der Waals surface area contributed by atoms with Crippen LogP contribution in [0.2, 0.25) is 0 Å². The second-order valence-corrected chi connectivity index (χ2v) is 4.15. The Hall–Kier alpha value is -0.940. The molecular formula is C11H22N4O. The number of ether oxygens (including phenoxy) is 1. The van der Waals surface area contributed by atoms with Crippen LogP contribution in [0.3, 0.4) is 0 Å². The van der Waals surface area contributed by atoms with E-state index in [9.17, 15) is 0 Å². The summed E-state index contributed by atoms with van der Waals surface area (Å²) in [4.78, 5) is 0. The molecule has 0 amide bonds. The topological polar surface area (TPSA) is 66.0 Å². The van der Waals surface area contributed by atoms with Crippen LogP contribution in [0.25, 0.3) is 0 Å². The van der Waals surface area contributed by atoms with Crippen LogP contribution in [-0.2, 0) is 17.8 Å². The molecule has 2 N–H and O–H groups in total. The number of rotatable bonds is 8. The molecule has 0 aliphatic heterocycles. The summed E-state index contributed by atoms with van der Waals surface area (Å²) in [5.41, 5.74) is 6.26. The zero-order valence-corrected chi connectivity index (χ0v) is 10.2. The fourth-order valence-corrected chi connectivity index (χ4v) is 1.56. The Labute approximate surface area is 97.0 Å². The van der Waals surface area contributed by atoms with Crippen molar-refractivity contribution in [1.29, 1.82) is 0 Å². The summed E-state index contributed by atoms with van der Waals surface area (Å²) in [5.74, 6) is 0.639. The number of aromatic nitrogens is 3. The predicted molar refractivity (Wildman–Crippen MR) is 62.8 cm³/mol. The van der Waals surface area contributed by atoms with Crippen LogP contribution >= 0.6 is 0 Å². The van der Waals surface area contributed by atoms with Crippen LogP contribution < -0.4 is 5.73 Å². The molecule has 0 saturated carbocycles. The van der Waals surface area contributed by atoms with Crippen LogP contribution in [0.1, 0.15) is 32.4 Å². The summed E-state index contributed by atoms with van der Waals surface area (Å²) >= 11 is 0. The highest BCUT2D eigenvalue weighted by molar-refractivity contribution is 4.90. The average Bonchev–Trinajstić information content (AvgIpc) is 2.73. The first kappa shape index (κ1) is 13.1. The lowest BCUT2D eigenvalue weighted by atomic mass is 10.1. The minimum absolute atomic E-state index is 0.439. The summed E-state index contributed by atoms with van der Waals surface area (Å²) in [6.45, 7) is 7.10. The zero-order chi connectivity index (χ0) is 11.8.